The van der Waals surface area contributed by atoms with Gasteiger partial charge < -0.3 is 10.6 Å². The van der Waals surface area contributed by atoms with E-state index in [1.807, 2.05) is 12.1 Å². The second kappa shape index (κ2) is 5.88. The van der Waals surface area contributed by atoms with Crippen LogP contribution in [0.5, 0.6) is 0 Å². The van der Waals surface area contributed by atoms with Crippen LogP contribution in [-0.4, -0.2) is 39.8 Å². The summed E-state index contributed by atoms with van der Waals surface area (Å²) < 4.78 is 0.949. The molecule has 3 heterocycles. The molecule has 3 N–H and O–H groups in total. The highest BCUT2D eigenvalue weighted by Gasteiger charge is 2.21. The number of halogens is 1. The number of H-pyrrole nitrogens is 1. The van der Waals surface area contributed by atoms with Crippen LogP contribution in [-0.2, 0) is 0 Å². The van der Waals surface area contributed by atoms with Crippen LogP contribution in [0.3, 0.4) is 0 Å². The fourth-order valence-corrected chi connectivity index (χ4v) is 2.63. The zero-order valence-corrected chi connectivity index (χ0v) is 12.7. The van der Waals surface area contributed by atoms with Crippen molar-refractivity contribution >= 4 is 21.9 Å². The van der Waals surface area contributed by atoms with Crippen molar-refractivity contribution in [1.82, 2.24) is 20.2 Å². The predicted octanol–water partition coefficient (Wildman–Crippen LogP) is 1.80. The van der Waals surface area contributed by atoms with Gasteiger partial charge in [-0.05, 0) is 53.4 Å². The largest absolute Gasteiger partial charge is 0.340 e. The lowest BCUT2D eigenvalue weighted by Crippen LogP contribution is -2.36. The minimum Gasteiger partial charge on any atom is -0.340 e. The lowest BCUT2D eigenvalue weighted by atomic mass is 9.97. The molecule has 2 aromatic heterocycles. The van der Waals surface area contributed by atoms with Crippen LogP contribution in [0, 0.1) is 5.92 Å². The minimum absolute atomic E-state index is 0.637. The van der Waals surface area contributed by atoms with Gasteiger partial charge in [0.25, 0.3) is 0 Å². The summed E-state index contributed by atoms with van der Waals surface area (Å²) in [5.74, 6) is 2.09. The average molecular weight is 337 g/mol. The number of nitrogens with one attached hydrogen (secondary N) is 1. The summed E-state index contributed by atoms with van der Waals surface area (Å²) in [6.45, 7) is 2.70. The lowest BCUT2D eigenvalue weighted by Gasteiger charge is -2.30. The van der Waals surface area contributed by atoms with Crippen LogP contribution in [0.1, 0.15) is 12.8 Å². The van der Waals surface area contributed by atoms with E-state index in [9.17, 15) is 0 Å². The van der Waals surface area contributed by atoms with E-state index in [-0.39, 0.29) is 0 Å². The average Bonchev–Trinajstić information content (AvgIpc) is 2.98. The molecule has 2 aromatic rings. The molecule has 1 aliphatic heterocycles. The third-order valence-corrected chi connectivity index (χ3v) is 4.14. The van der Waals surface area contributed by atoms with Crippen molar-refractivity contribution < 1.29 is 0 Å². The van der Waals surface area contributed by atoms with E-state index >= 15 is 0 Å². The van der Waals surface area contributed by atoms with Crippen LogP contribution in [0.4, 0.5) is 5.95 Å². The van der Waals surface area contributed by atoms with Crippen LogP contribution < -0.4 is 10.6 Å². The van der Waals surface area contributed by atoms with Crippen molar-refractivity contribution in [2.75, 3.05) is 24.5 Å². The SMILES string of the molecule is NCC1CCN(c2n[nH]c(-c3ccc(Br)cn3)n2)CC1. The predicted molar refractivity (Wildman–Crippen MR) is 81.3 cm³/mol. The minimum atomic E-state index is 0.637. The molecule has 0 atom stereocenters. The number of pyridine rings is 1. The van der Waals surface area contributed by atoms with Crippen LogP contribution in [0.15, 0.2) is 22.8 Å². The van der Waals surface area contributed by atoms with Crippen molar-refractivity contribution in [1.29, 1.82) is 0 Å². The van der Waals surface area contributed by atoms with Gasteiger partial charge in [0.1, 0.15) is 5.69 Å². The van der Waals surface area contributed by atoms with Gasteiger partial charge in [-0.1, -0.05) is 0 Å². The maximum Gasteiger partial charge on any atom is 0.245 e. The Morgan fingerprint density at radius 2 is 2.15 bits per heavy atom. The fraction of sp³-hybridized carbons (Fsp3) is 0.462. The molecule has 1 saturated heterocycles. The topological polar surface area (TPSA) is 83.7 Å². The molecular weight excluding hydrogens is 320 g/mol. The van der Waals surface area contributed by atoms with E-state index in [1.54, 1.807) is 6.20 Å². The van der Waals surface area contributed by atoms with Crippen molar-refractivity contribution in [2.24, 2.45) is 11.7 Å². The molecule has 7 heteroatoms. The maximum atomic E-state index is 5.71. The van der Waals surface area contributed by atoms with E-state index < -0.39 is 0 Å². The summed E-state index contributed by atoms with van der Waals surface area (Å²) in [6, 6.07) is 3.85. The molecule has 1 fully saturated rings. The normalized spacial score (nSPS) is 16.6. The third-order valence-electron chi connectivity index (χ3n) is 3.67. The number of anilines is 1. The molecule has 6 nitrogen and oxygen atoms in total. The molecule has 0 bridgehead atoms. The molecule has 0 amide bonds. The van der Waals surface area contributed by atoms with Gasteiger partial charge in [0.15, 0.2) is 5.82 Å². The van der Waals surface area contributed by atoms with Crippen LogP contribution in [0.25, 0.3) is 11.5 Å². The molecule has 0 aromatic carbocycles. The summed E-state index contributed by atoms with van der Waals surface area (Å²) in [5, 5.41) is 7.26. The Labute approximate surface area is 125 Å². The monoisotopic (exact) mass is 336 g/mol. The number of hydrogen-bond acceptors (Lipinski definition) is 5. The van der Waals surface area contributed by atoms with Gasteiger partial charge in [0.05, 0.1) is 0 Å². The first kappa shape index (κ1) is 13.5. The first-order chi connectivity index (χ1) is 9.76. The van der Waals surface area contributed by atoms with Gasteiger partial charge in [-0.15, -0.1) is 5.10 Å². The Hall–Kier alpha value is -1.47. The Bertz CT molecular complexity index is 558. The first-order valence-electron chi connectivity index (χ1n) is 6.75. The number of aromatic nitrogens is 4. The molecular formula is C13H17BrN6. The van der Waals surface area contributed by atoms with Gasteiger partial charge >= 0.3 is 0 Å². The van der Waals surface area contributed by atoms with Crippen molar-refractivity contribution in [2.45, 2.75) is 12.8 Å². The number of nitrogens with two attached hydrogens (primary N) is 1. The number of piperidine rings is 1. The van der Waals surface area contributed by atoms with Gasteiger partial charge in [-0.2, -0.15) is 4.98 Å². The molecule has 0 unspecified atom stereocenters. The summed E-state index contributed by atoms with van der Waals surface area (Å²) in [4.78, 5) is 11.1. The summed E-state index contributed by atoms with van der Waals surface area (Å²) in [6.07, 6.45) is 3.97. The van der Waals surface area contributed by atoms with Gasteiger partial charge in [-0.25, -0.2) is 0 Å². The lowest BCUT2D eigenvalue weighted by molar-refractivity contribution is 0.411. The van der Waals surface area contributed by atoms with Crippen molar-refractivity contribution in [3.8, 4) is 11.5 Å². The van der Waals surface area contributed by atoms with E-state index in [4.69, 9.17) is 5.73 Å². The highest BCUT2D eigenvalue weighted by molar-refractivity contribution is 9.10. The zero-order valence-electron chi connectivity index (χ0n) is 11.1. The Morgan fingerprint density at radius 3 is 2.80 bits per heavy atom. The number of hydrogen-bond donors (Lipinski definition) is 2. The molecule has 1 aliphatic rings. The molecule has 0 spiro atoms. The molecule has 0 saturated carbocycles. The Kier molecular flexibility index (Phi) is 3.98. The number of aromatic amines is 1. The first-order valence-corrected chi connectivity index (χ1v) is 7.55. The molecule has 3 rings (SSSR count). The maximum absolute atomic E-state index is 5.71. The molecule has 106 valence electrons. The standard InChI is InChI=1S/C13H17BrN6/c14-10-1-2-11(16-8-10)12-17-13(19-18-12)20-5-3-9(7-15)4-6-20/h1-2,8-9H,3-7,15H2,(H,17,18,19). The van der Waals surface area contributed by atoms with E-state index in [0.29, 0.717) is 11.7 Å². The second-order valence-corrected chi connectivity index (χ2v) is 5.93. The molecule has 0 radical (unpaired) electrons. The fourth-order valence-electron chi connectivity index (χ4n) is 2.39. The van der Waals surface area contributed by atoms with E-state index in [0.717, 1.165) is 48.6 Å². The number of rotatable bonds is 3. The highest BCUT2D eigenvalue weighted by Crippen LogP contribution is 2.22. The Balaban J connectivity index is 1.72. The third kappa shape index (κ3) is 2.83. The summed E-state index contributed by atoms with van der Waals surface area (Å²) in [7, 11) is 0. The second-order valence-electron chi connectivity index (χ2n) is 5.01. The summed E-state index contributed by atoms with van der Waals surface area (Å²) in [5.41, 5.74) is 6.51. The van der Waals surface area contributed by atoms with Crippen molar-refractivity contribution in [3.05, 3.63) is 22.8 Å². The van der Waals surface area contributed by atoms with Gasteiger partial charge in [0, 0.05) is 23.8 Å². The highest BCUT2D eigenvalue weighted by atomic mass is 79.9. The van der Waals surface area contributed by atoms with Crippen molar-refractivity contribution in [3.63, 3.8) is 0 Å². The quantitative estimate of drug-likeness (QED) is 0.892. The zero-order chi connectivity index (χ0) is 13.9. The smallest absolute Gasteiger partial charge is 0.245 e. The van der Waals surface area contributed by atoms with Crippen LogP contribution in [0.2, 0.25) is 0 Å². The van der Waals surface area contributed by atoms with Gasteiger partial charge in [-0.3, -0.25) is 10.1 Å². The Morgan fingerprint density at radius 1 is 1.35 bits per heavy atom. The summed E-state index contributed by atoms with van der Waals surface area (Å²) >= 11 is 3.37. The molecule has 20 heavy (non-hydrogen) atoms. The van der Waals surface area contributed by atoms with E-state index in [2.05, 4.69) is 41.0 Å². The van der Waals surface area contributed by atoms with E-state index in [1.165, 1.54) is 0 Å². The molecule has 0 aliphatic carbocycles. The van der Waals surface area contributed by atoms with Crippen LogP contribution >= 0.6 is 15.9 Å². The van der Waals surface area contributed by atoms with Gasteiger partial charge in [0.2, 0.25) is 5.95 Å². The number of nitrogens with zero attached hydrogens (tertiary/aromatic N) is 4.